The topological polar surface area (TPSA) is 72.5 Å². The Labute approximate surface area is 109 Å². The van der Waals surface area contributed by atoms with Gasteiger partial charge in [-0.25, -0.2) is 0 Å². The Morgan fingerprint density at radius 3 is 2.82 bits per heavy atom. The molecule has 0 heterocycles. The number of halogens is 1. The summed E-state index contributed by atoms with van der Waals surface area (Å²) in [7, 11) is 1.61. The van der Waals surface area contributed by atoms with Gasteiger partial charge in [-0.15, -0.1) is 0 Å². The van der Waals surface area contributed by atoms with Crippen LogP contribution in [0.15, 0.2) is 22.7 Å². The first kappa shape index (κ1) is 14.0. The van der Waals surface area contributed by atoms with Crippen molar-refractivity contribution in [3.63, 3.8) is 0 Å². The number of carboxylic acids is 1. The van der Waals surface area contributed by atoms with Gasteiger partial charge in [0.15, 0.2) is 0 Å². The van der Waals surface area contributed by atoms with E-state index in [0.717, 1.165) is 15.8 Å². The van der Waals surface area contributed by atoms with Crippen molar-refractivity contribution in [3.05, 3.63) is 28.2 Å². The van der Waals surface area contributed by atoms with Crippen molar-refractivity contribution in [2.24, 2.45) is 5.73 Å². The van der Waals surface area contributed by atoms with Crippen molar-refractivity contribution in [2.75, 3.05) is 7.11 Å². The van der Waals surface area contributed by atoms with E-state index in [1.165, 1.54) is 0 Å². The van der Waals surface area contributed by atoms with Crippen molar-refractivity contribution >= 4 is 21.9 Å². The first-order chi connectivity index (χ1) is 8.04. The minimum absolute atomic E-state index is 0.154. The summed E-state index contributed by atoms with van der Waals surface area (Å²) in [6.45, 7) is 0. The molecule has 0 aromatic heterocycles. The zero-order valence-corrected chi connectivity index (χ0v) is 11.2. The highest BCUT2D eigenvalue weighted by Gasteiger charge is 2.11. The van der Waals surface area contributed by atoms with Crippen molar-refractivity contribution in [1.29, 1.82) is 0 Å². The fourth-order valence-corrected chi connectivity index (χ4v) is 2.22. The first-order valence-electron chi connectivity index (χ1n) is 5.35. The van der Waals surface area contributed by atoms with Gasteiger partial charge in [-0.1, -0.05) is 22.0 Å². The quantitative estimate of drug-likeness (QED) is 0.847. The number of benzene rings is 1. The molecule has 1 rings (SSSR count). The van der Waals surface area contributed by atoms with Gasteiger partial charge < -0.3 is 15.6 Å². The summed E-state index contributed by atoms with van der Waals surface area (Å²) in [6, 6.07) is 5.44. The van der Waals surface area contributed by atoms with Gasteiger partial charge in [0, 0.05) is 16.9 Å². The molecule has 0 saturated heterocycles. The van der Waals surface area contributed by atoms with Crippen LogP contribution in [-0.2, 0) is 4.79 Å². The highest BCUT2D eigenvalue weighted by Crippen LogP contribution is 2.28. The van der Waals surface area contributed by atoms with Crippen LogP contribution in [0.3, 0.4) is 0 Å². The molecule has 1 aromatic carbocycles. The molecule has 1 atom stereocenters. The van der Waals surface area contributed by atoms with Crippen LogP contribution in [0.25, 0.3) is 0 Å². The highest BCUT2D eigenvalue weighted by atomic mass is 79.9. The number of nitrogens with two attached hydrogens (primary N) is 1. The molecule has 0 amide bonds. The fraction of sp³-hybridized carbons (Fsp3) is 0.417. The second kappa shape index (κ2) is 6.61. The average Bonchev–Trinajstić information content (AvgIpc) is 2.28. The number of aliphatic carboxylic acids is 1. The zero-order valence-electron chi connectivity index (χ0n) is 9.65. The number of hydrogen-bond donors (Lipinski definition) is 2. The molecular formula is C12H16BrNO3. The predicted molar refractivity (Wildman–Crippen MR) is 69.1 cm³/mol. The molecule has 1 aromatic rings. The van der Waals surface area contributed by atoms with E-state index in [9.17, 15) is 4.79 Å². The van der Waals surface area contributed by atoms with E-state index in [-0.39, 0.29) is 12.5 Å². The molecule has 1 unspecified atom stereocenters. The van der Waals surface area contributed by atoms with Gasteiger partial charge >= 0.3 is 5.97 Å². The van der Waals surface area contributed by atoms with Gasteiger partial charge in [-0.3, -0.25) is 4.79 Å². The molecule has 4 nitrogen and oxygen atoms in total. The number of ether oxygens (including phenoxy) is 1. The summed E-state index contributed by atoms with van der Waals surface area (Å²) in [5, 5.41) is 8.55. The smallest absolute Gasteiger partial charge is 0.303 e. The Morgan fingerprint density at radius 2 is 2.29 bits per heavy atom. The fourth-order valence-electron chi connectivity index (χ4n) is 1.56. The third kappa shape index (κ3) is 4.36. The van der Waals surface area contributed by atoms with Gasteiger partial charge in [0.2, 0.25) is 0 Å². The minimum atomic E-state index is -0.786. The van der Waals surface area contributed by atoms with E-state index in [1.54, 1.807) is 7.11 Å². The molecule has 3 N–H and O–H groups in total. The van der Waals surface area contributed by atoms with Gasteiger partial charge in [0.25, 0.3) is 0 Å². The second-order valence-electron chi connectivity index (χ2n) is 3.78. The number of hydrogen-bond acceptors (Lipinski definition) is 3. The first-order valence-corrected chi connectivity index (χ1v) is 6.14. The summed E-state index contributed by atoms with van der Waals surface area (Å²) in [4.78, 5) is 10.4. The van der Waals surface area contributed by atoms with Gasteiger partial charge in [0.05, 0.1) is 7.11 Å². The largest absolute Gasteiger partial charge is 0.497 e. The Kier molecular flexibility index (Phi) is 5.44. The molecular weight excluding hydrogens is 286 g/mol. The normalized spacial score (nSPS) is 12.2. The van der Waals surface area contributed by atoms with E-state index in [2.05, 4.69) is 15.9 Å². The molecule has 94 valence electrons. The van der Waals surface area contributed by atoms with Crippen LogP contribution in [0.4, 0.5) is 0 Å². The lowest BCUT2D eigenvalue weighted by Crippen LogP contribution is -2.11. The molecule has 17 heavy (non-hydrogen) atoms. The molecule has 0 bridgehead atoms. The van der Waals surface area contributed by atoms with Crippen LogP contribution in [0.2, 0.25) is 0 Å². The molecule has 0 aliphatic rings. The van der Waals surface area contributed by atoms with Gasteiger partial charge in [-0.2, -0.15) is 0 Å². The summed E-state index contributed by atoms with van der Waals surface area (Å²) >= 11 is 3.43. The number of carboxylic acid groups (broad SMARTS) is 1. The average molecular weight is 302 g/mol. The van der Waals surface area contributed by atoms with Crippen molar-refractivity contribution in [2.45, 2.75) is 25.3 Å². The molecule has 0 aliphatic carbocycles. The summed E-state index contributed by atoms with van der Waals surface area (Å²) in [6.07, 6.45) is 1.38. The number of methoxy groups -OCH3 is 1. The summed E-state index contributed by atoms with van der Waals surface area (Å²) in [5.41, 5.74) is 6.98. The van der Waals surface area contributed by atoms with Crippen LogP contribution in [-0.4, -0.2) is 18.2 Å². The number of carbonyl (C=O) groups is 1. The minimum Gasteiger partial charge on any atom is -0.497 e. The van der Waals surface area contributed by atoms with Crippen LogP contribution in [0, 0.1) is 0 Å². The van der Waals surface area contributed by atoms with Crippen LogP contribution in [0.1, 0.15) is 30.9 Å². The predicted octanol–water partition coefficient (Wildman–Crippen LogP) is 2.71. The highest BCUT2D eigenvalue weighted by molar-refractivity contribution is 9.10. The molecule has 0 fully saturated rings. The third-order valence-electron chi connectivity index (χ3n) is 2.51. The number of rotatable bonds is 6. The summed E-state index contributed by atoms with van der Waals surface area (Å²) in [5.74, 6) is -0.0237. The Morgan fingerprint density at radius 1 is 1.59 bits per heavy atom. The molecule has 0 saturated carbocycles. The SMILES string of the molecule is COc1ccc(C(N)CCCC(=O)O)c(Br)c1. The zero-order chi connectivity index (χ0) is 12.8. The van der Waals surface area contributed by atoms with Crippen molar-refractivity contribution in [3.8, 4) is 5.75 Å². The maximum atomic E-state index is 10.4. The van der Waals surface area contributed by atoms with E-state index in [4.69, 9.17) is 15.6 Å². The molecule has 0 aliphatic heterocycles. The van der Waals surface area contributed by atoms with E-state index >= 15 is 0 Å². The van der Waals surface area contributed by atoms with Gasteiger partial charge in [0.1, 0.15) is 5.75 Å². The van der Waals surface area contributed by atoms with Crippen LogP contribution >= 0.6 is 15.9 Å². The third-order valence-corrected chi connectivity index (χ3v) is 3.20. The lowest BCUT2D eigenvalue weighted by molar-refractivity contribution is -0.137. The van der Waals surface area contributed by atoms with Gasteiger partial charge in [-0.05, 0) is 30.5 Å². The Hall–Kier alpha value is -1.07. The Bertz CT molecular complexity index is 395. The Balaban J connectivity index is 2.62. The lowest BCUT2D eigenvalue weighted by atomic mass is 10.0. The maximum absolute atomic E-state index is 10.4. The van der Waals surface area contributed by atoms with Crippen molar-refractivity contribution < 1.29 is 14.6 Å². The molecule has 0 spiro atoms. The van der Waals surface area contributed by atoms with Crippen LogP contribution in [0.5, 0.6) is 5.75 Å². The van der Waals surface area contributed by atoms with E-state index in [1.807, 2.05) is 18.2 Å². The standard InChI is InChI=1S/C12H16BrNO3/c1-17-8-5-6-9(10(13)7-8)11(14)3-2-4-12(15)16/h5-7,11H,2-4,14H2,1H3,(H,15,16). The molecule has 0 radical (unpaired) electrons. The second-order valence-corrected chi connectivity index (χ2v) is 4.63. The lowest BCUT2D eigenvalue weighted by Gasteiger charge is -2.14. The monoisotopic (exact) mass is 301 g/mol. The molecule has 5 heteroatoms. The van der Waals surface area contributed by atoms with E-state index in [0.29, 0.717) is 12.8 Å². The summed E-state index contributed by atoms with van der Waals surface area (Å²) < 4.78 is 5.98. The van der Waals surface area contributed by atoms with Crippen LogP contribution < -0.4 is 10.5 Å². The maximum Gasteiger partial charge on any atom is 0.303 e. The van der Waals surface area contributed by atoms with Crippen molar-refractivity contribution in [1.82, 2.24) is 0 Å². The van der Waals surface area contributed by atoms with E-state index < -0.39 is 5.97 Å².